The molecule has 2 N–H and O–H groups in total. The Morgan fingerprint density at radius 2 is 2.14 bits per heavy atom. The molecule has 0 radical (unpaired) electrons. The Labute approximate surface area is 171 Å². The molecule has 10 heteroatoms. The van der Waals surface area contributed by atoms with Gasteiger partial charge in [-0.25, -0.2) is 4.79 Å². The summed E-state index contributed by atoms with van der Waals surface area (Å²) in [6.07, 6.45) is 6.71. The third-order valence-corrected chi connectivity index (χ3v) is 6.20. The van der Waals surface area contributed by atoms with E-state index < -0.39 is 13.3 Å². The van der Waals surface area contributed by atoms with Crippen LogP contribution in [0.4, 0.5) is 5.82 Å². The van der Waals surface area contributed by atoms with E-state index in [1.165, 1.54) is 10.4 Å². The average Bonchev–Trinajstić information content (AvgIpc) is 2.70. The van der Waals surface area contributed by atoms with E-state index in [0.29, 0.717) is 26.2 Å². The molecule has 2 rings (SSSR count). The minimum absolute atomic E-state index is 0.112. The zero-order chi connectivity index (χ0) is 21.1. The van der Waals surface area contributed by atoms with Crippen LogP contribution in [0.15, 0.2) is 29.0 Å². The van der Waals surface area contributed by atoms with Gasteiger partial charge in [0.15, 0.2) is 6.29 Å². The number of aryl methyl sites for hydroxylation is 1. The normalized spacial score (nSPS) is 18.9. The van der Waals surface area contributed by atoms with Gasteiger partial charge in [0.25, 0.3) is 0 Å². The van der Waals surface area contributed by atoms with Crippen molar-refractivity contribution in [2.24, 2.45) is 5.92 Å². The topological polar surface area (TPSA) is 115 Å². The largest absolute Gasteiger partial charge is 0.383 e. The van der Waals surface area contributed by atoms with E-state index in [0.717, 1.165) is 19.3 Å². The number of rotatable bonds is 12. The molecule has 1 saturated heterocycles. The monoisotopic (exact) mass is 429 g/mol. The Balaban J connectivity index is 2.05. The number of nitrogens with two attached hydrogens (primary N) is 1. The fourth-order valence-electron chi connectivity index (χ4n) is 2.94. The van der Waals surface area contributed by atoms with Crippen LogP contribution < -0.4 is 11.4 Å². The van der Waals surface area contributed by atoms with Crippen molar-refractivity contribution in [3.8, 4) is 0 Å². The van der Waals surface area contributed by atoms with Crippen molar-refractivity contribution in [2.45, 2.75) is 52.4 Å². The van der Waals surface area contributed by atoms with Gasteiger partial charge in [-0.05, 0) is 45.6 Å². The second-order valence-corrected chi connectivity index (χ2v) is 8.62. The van der Waals surface area contributed by atoms with E-state index in [1.54, 1.807) is 32.2 Å². The summed E-state index contributed by atoms with van der Waals surface area (Å²) < 4.78 is 36.3. The standard InChI is InChI=1S/C19H32N3O6P/c1-3-27-29(24,28-4-2)14-10-16(15-26-18-7-5-6-13-25-18)8-11-22-12-9-17(20)21-19(22)23/h9-10,12,14,16,18H,3-8,11,13,15H2,1-2H3,(H2,20,21,23)/b14-10+/t16-,18+/m0/s1. The van der Waals surface area contributed by atoms with Gasteiger partial charge in [0, 0.05) is 31.1 Å². The van der Waals surface area contributed by atoms with E-state index >= 15 is 0 Å². The maximum Gasteiger partial charge on any atom is 0.353 e. The first-order valence-corrected chi connectivity index (χ1v) is 11.7. The SMILES string of the molecule is CCOP(=O)(/C=C/[C@H](CCn1ccc(N)nc1=O)CO[C@@H]1CCCCO1)OCC. The summed E-state index contributed by atoms with van der Waals surface area (Å²) in [4.78, 5) is 15.7. The molecule has 1 fully saturated rings. The predicted octanol–water partition coefficient (Wildman–Crippen LogP) is 3.15. The number of nitrogens with zero attached hydrogens (tertiary/aromatic N) is 2. The Morgan fingerprint density at radius 3 is 2.76 bits per heavy atom. The van der Waals surface area contributed by atoms with Crippen molar-refractivity contribution in [1.29, 1.82) is 0 Å². The first-order chi connectivity index (χ1) is 14.0. The number of hydrogen-bond donors (Lipinski definition) is 1. The first-order valence-electron chi connectivity index (χ1n) is 10.1. The fourth-order valence-corrected chi connectivity index (χ4v) is 4.36. The highest BCUT2D eigenvalue weighted by atomic mass is 31.2. The van der Waals surface area contributed by atoms with Crippen molar-refractivity contribution in [1.82, 2.24) is 9.55 Å². The van der Waals surface area contributed by atoms with Gasteiger partial charge in [-0.3, -0.25) is 9.13 Å². The highest BCUT2D eigenvalue weighted by Gasteiger charge is 2.21. The maximum atomic E-state index is 12.7. The summed E-state index contributed by atoms with van der Waals surface area (Å²) in [5.41, 5.74) is 5.13. The molecule has 29 heavy (non-hydrogen) atoms. The molecule has 1 aromatic rings. The zero-order valence-corrected chi connectivity index (χ0v) is 18.1. The summed E-state index contributed by atoms with van der Waals surface area (Å²) in [5, 5.41) is 0. The zero-order valence-electron chi connectivity index (χ0n) is 17.2. The molecule has 1 aliphatic rings. The molecule has 0 unspecified atom stereocenters. The Bertz CT molecular complexity index is 738. The second kappa shape index (κ2) is 12.2. The first kappa shape index (κ1) is 23.8. The van der Waals surface area contributed by atoms with E-state index in [1.807, 2.05) is 0 Å². The molecule has 0 aromatic carbocycles. The number of hydrogen-bond acceptors (Lipinski definition) is 8. The van der Waals surface area contributed by atoms with Crippen molar-refractivity contribution in [3.05, 3.63) is 34.6 Å². The van der Waals surface area contributed by atoms with Crippen molar-refractivity contribution in [3.63, 3.8) is 0 Å². The molecule has 0 aliphatic carbocycles. The van der Waals surface area contributed by atoms with Crippen molar-refractivity contribution >= 4 is 13.4 Å². The number of anilines is 1. The van der Waals surface area contributed by atoms with Gasteiger partial charge >= 0.3 is 13.3 Å². The molecule has 2 atom stereocenters. The molecular formula is C19H32N3O6P. The lowest BCUT2D eigenvalue weighted by Gasteiger charge is -2.25. The highest BCUT2D eigenvalue weighted by molar-refractivity contribution is 7.57. The van der Waals surface area contributed by atoms with Gasteiger partial charge < -0.3 is 24.3 Å². The Hall–Kier alpha value is -1.51. The van der Waals surface area contributed by atoms with E-state index in [-0.39, 0.29) is 31.2 Å². The summed E-state index contributed by atoms with van der Waals surface area (Å²) >= 11 is 0. The van der Waals surface area contributed by atoms with Crippen molar-refractivity contribution < 1.29 is 23.1 Å². The molecule has 0 bridgehead atoms. The van der Waals surface area contributed by atoms with E-state index in [2.05, 4.69) is 4.98 Å². The van der Waals surface area contributed by atoms with Crippen LogP contribution in [0.3, 0.4) is 0 Å². The lowest BCUT2D eigenvalue weighted by molar-refractivity contribution is -0.167. The van der Waals surface area contributed by atoms with Crippen LogP contribution in [-0.2, 0) is 29.6 Å². The van der Waals surface area contributed by atoms with Gasteiger partial charge in [-0.15, -0.1) is 0 Å². The third-order valence-electron chi connectivity index (χ3n) is 4.43. The molecular weight excluding hydrogens is 397 g/mol. The van der Waals surface area contributed by atoms with Crippen LogP contribution in [-0.4, -0.2) is 42.3 Å². The predicted molar refractivity (Wildman–Crippen MR) is 111 cm³/mol. The van der Waals surface area contributed by atoms with E-state index in [9.17, 15) is 9.36 Å². The van der Waals surface area contributed by atoms with Gasteiger partial charge in [0.05, 0.1) is 19.8 Å². The molecule has 2 heterocycles. The molecule has 0 saturated carbocycles. The number of aromatic nitrogens is 2. The second-order valence-electron chi connectivity index (χ2n) is 6.72. The average molecular weight is 429 g/mol. The molecule has 164 valence electrons. The summed E-state index contributed by atoms with van der Waals surface area (Å²) in [5.74, 6) is 1.56. The Morgan fingerprint density at radius 1 is 1.38 bits per heavy atom. The van der Waals surface area contributed by atoms with Crippen LogP contribution >= 0.6 is 7.60 Å². The number of nitrogen functional groups attached to an aromatic ring is 1. The van der Waals surface area contributed by atoms with Crippen LogP contribution in [0.2, 0.25) is 0 Å². The molecule has 1 aliphatic heterocycles. The molecule has 1 aromatic heterocycles. The summed E-state index contributed by atoms with van der Waals surface area (Å²) in [7, 11) is -3.31. The minimum atomic E-state index is -3.31. The maximum absolute atomic E-state index is 12.7. The lowest BCUT2D eigenvalue weighted by Crippen LogP contribution is -2.27. The number of ether oxygens (including phenoxy) is 2. The van der Waals surface area contributed by atoms with Gasteiger partial charge in [-0.1, -0.05) is 6.08 Å². The van der Waals surface area contributed by atoms with Crippen LogP contribution in [0.1, 0.15) is 39.5 Å². The van der Waals surface area contributed by atoms with Gasteiger partial charge in [0.2, 0.25) is 0 Å². The van der Waals surface area contributed by atoms with Crippen molar-refractivity contribution in [2.75, 3.05) is 32.2 Å². The summed E-state index contributed by atoms with van der Waals surface area (Å²) in [6.45, 7) is 5.58. The van der Waals surface area contributed by atoms with Gasteiger partial charge in [-0.2, -0.15) is 4.98 Å². The smallest absolute Gasteiger partial charge is 0.353 e. The highest BCUT2D eigenvalue weighted by Crippen LogP contribution is 2.49. The van der Waals surface area contributed by atoms with Crippen LogP contribution in [0.25, 0.3) is 0 Å². The molecule has 9 nitrogen and oxygen atoms in total. The van der Waals surface area contributed by atoms with Gasteiger partial charge in [0.1, 0.15) is 5.82 Å². The third kappa shape index (κ3) is 8.40. The minimum Gasteiger partial charge on any atom is -0.383 e. The van der Waals surface area contributed by atoms with Crippen LogP contribution in [0, 0.1) is 5.92 Å². The van der Waals surface area contributed by atoms with Crippen LogP contribution in [0.5, 0.6) is 0 Å². The quantitative estimate of drug-likeness (QED) is 0.504. The lowest BCUT2D eigenvalue weighted by atomic mass is 10.1. The Kier molecular flexibility index (Phi) is 10.0. The summed E-state index contributed by atoms with van der Waals surface area (Å²) in [6, 6.07) is 1.58. The molecule has 0 amide bonds. The van der Waals surface area contributed by atoms with E-state index in [4.69, 9.17) is 24.3 Å². The molecule has 0 spiro atoms. The fraction of sp³-hybridized carbons (Fsp3) is 0.684.